The van der Waals surface area contributed by atoms with Crippen LogP contribution in [0.15, 0.2) is 97.1 Å². The first-order valence-electron chi connectivity index (χ1n) is 16.8. The second-order valence-corrected chi connectivity index (χ2v) is 12.8. The van der Waals surface area contributed by atoms with Crippen LogP contribution in [0.3, 0.4) is 0 Å². The predicted molar refractivity (Wildman–Crippen MR) is 193 cm³/mol. The molecule has 4 aromatic carbocycles. The third-order valence-electron chi connectivity index (χ3n) is 8.23. The van der Waals surface area contributed by atoms with Gasteiger partial charge >= 0.3 is 0 Å². The molecular weight excluding hydrogens is 691 g/mol. The Hall–Kier alpha value is -5.62. The lowest BCUT2D eigenvalue weighted by Gasteiger charge is -2.25. The number of likely N-dealkylation sites (N-methyl/N-ethyl adjacent to an activating group) is 1. The molecule has 0 unspecified atom stereocenters. The number of para-hydroxylation sites is 2. The minimum absolute atomic E-state index is 0.0778. The highest BCUT2D eigenvalue weighted by Crippen LogP contribution is 2.34. The topological polar surface area (TPSA) is 135 Å². The maximum Gasteiger partial charge on any atom is 0.255 e. The highest BCUT2D eigenvalue weighted by Gasteiger charge is 2.29. The van der Waals surface area contributed by atoms with Crippen LogP contribution in [0.5, 0.6) is 23.0 Å². The van der Waals surface area contributed by atoms with Gasteiger partial charge in [-0.1, -0.05) is 60.1 Å². The van der Waals surface area contributed by atoms with Gasteiger partial charge in [-0.2, -0.15) is 0 Å². The number of amides is 4. The van der Waals surface area contributed by atoms with Crippen molar-refractivity contribution >= 4 is 35.2 Å². The number of hydrogen-bond donors (Lipinski definition) is 3. The molecular formula is C39H40ClFN4O7. The normalized spacial score (nSPS) is 17.6. The second-order valence-electron chi connectivity index (χ2n) is 12.3. The van der Waals surface area contributed by atoms with E-state index in [2.05, 4.69) is 16.0 Å². The zero-order valence-corrected chi connectivity index (χ0v) is 29.5. The Morgan fingerprint density at radius 2 is 1.71 bits per heavy atom. The Morgan fingerprint density at radius 1 is 0.981 bits per heavy atom. The van der Waals surface area contributed by atoms with Gasteiger partial charge in [0, 0.05) is 24.9 Å². The lowest BCUT2D eigenvalue weighted by Crippen LogP contribution is -2.51. The first-order valence-corrected chi connectivity index (χ1v) is 17.2. The molecule has 0 aromatic heterocycles. The summed E-state index contributed by atoms with van der Waals surface area (Å²) in [4.78, 5) is 55.5. The fourth-order valence-corrected chi connectivity index (χ4v) is 5.60. The molecule has 4 amide bonds. The van der Waals surface area contributed by atoms with E-state index in [9.17, 15) is 23.6 Å². The molecule has 13 heteroatoms. The minimum Gasteiger partial charge on any atom is -0.491 e. The van der Waals surface area contributed by atoms with Gasteiger partial charge in [-0.05, 0) is 67.4 Å². The highest BCUT2D eigenvalue weighted by molar-refractivity contribution is 6.30. The quantitative estimate of drug-likeness (QED) is 0.213. The number of nitrogens with one attached hydrogen (secondary N) is 3. The highest BCUT2D eigenvalue weighted by atomic mass is 35.5. The van der Waals surface area contributed by atoms with Gasteiger partial charge in [0.2, 0.25) is 17.7 Å². The SMILES string of the molecule is C[C@H](COc1c(F)cccc1Oc1ccc(Cl)cc1)NC(=O)[C@@H]1CCC(=O)N[C@@H](Cc2ccccc2)C(=O)N(C)CCOc2ccccc2C(=O)N1. The molecule has 11 nitrogen and oxygen atoms in total. The van der Waals surface area contributed by atoms with Gasteiger partial charge in [0.15, 0.2) is 17.3 Å². The fraction of sp³-hybridized carbons (Fsp3) is 0.282. The van der Waals surface area contributed by atoms with Gasteiger partial charge in [0.05, 0.1) is 18.2 Å². The van der Waals surface area contributed by atoms with E-state index in [4.69, 9.17) is 25.8 Å². The lowest BCUT2D eigenvalue weighted by molar-refractivity contribution is -0.135. The summed E-state index contributed by atoms with van der Waals surface area (Å²) in [7, 11) is 1.62. The van der Waals surface area contributed by atoms with Crippen LogP contribution >= 0.6 is 11.6 Å². The first kappa shape index (κ1) is 37.6. The molecule has 52 heavy (non-hydrogen) atoms. The van der Waals surface area contributed by atoms with Crippen molar-refractivity contribution in [1.82, 2.24) is 20.9 Å². The second kappa shape index (κ2) is 18.0. The van der Waals surface area contributed by atoms with Gasteiger partial charge in [-0.25, -0.2) is 4.39 Å². The molecule has 1 aliphatic rings. The average Bonchev–Trinajstić information content (AvgIpc) is 3.13. The smallest absolute Gasteiger partial charge is 0.255 e. The molecule has 5 rings (SSSR count). The number of fused-ring (bicyclic) bond motifs is 1. The van der Waals surface area contributed by atoms with Crippen LogP contribution in [0.2, 0.25) is 5.02 Å². The van der Waals surface area contributed by atoms with Gasteiger partial charge in [-0.3, -0.25) is 19.2 Å². The van der Waals surface area contributed by atoms with E-state index in [-0.39, 0.29) is 67.7 Å². The van der Waals surface area contributed by atoms with E-state index >= 15 is 0 Å². The molecule has 1 heterocycles. The molecule has 272 valence electrons. The van der Waals surface area contributed by atoms with E-state index in [1.54, 1.807) is 68.6 Å². The number of ether oxygens (including phenoxy) is 3. The number of carbonyl (C=O) groups is 4. The first-order chi connectivity index (χ1) is 25.1. The number of benzene rings is 4. The molecule has 0 aliphatic carbocycles. The van der Waals surface area contributed by atoms with Crippen LogP contribution in [0.25, 0.3) is 0 Å². The Morgan fingerprint density at radius 3 is 2.48 bits per heavy atom. The molecule has 0 saturated heterocycles. The van der Waals surface area contributed by atoms with E-state index in [0.29, 0.717) is 10.8 Å². The minimum atomic E-state index is -1.16. The molecule has 0 spiro atoms. The fourth-order valence-electron chi connectivity index (χ4n) is 5.48. The van der Waals surface area contributed by atoms with Crippen LogP contribution in [0.1, 0.15) is 35.7 Å². The molecule has 0 fully saturated rings. The monoisotopic (exact) mass is 730 g/mol. The number of rotatable bonds is 9. The maximum absolute atomic E-state index is 14.9. The number of halogens is 2. The molecule has 3 atom stereocenters. The van der Waals surface area contributed by atoms with Crippen molar-refractivity contribution in [3.63, 3.8) is 0 Å². The molecule has 0 bridgehead atoms. The number of nitrogens with zero attached hydrogens (tertiary/aromatic N) is 1. The molecule has 3 N–H and O–H groups in total. The summed E-state index contributed by atoms with van der Waals surface area (Å²) >= 11 is 5.96. The van der Waals surface area contributed by atoms with E-state index in [0.717, 1.165) is 5.56 Å². The summed E-state index contributed by atoms with van der Waals surface area (Å²) < 4.78 is 32.4. The van der Waals surface area contributed by atoms with Crippen molar-refractivity contribution < 1.29 is 37.8 Å². The Labute approximate surface area is 306 Å². The third-order valence-corrected chi connectivity index (χ3v) is 8.48. The van der Waals surface area contributed by atoms with Gasteiger partial charge < -0.3 is 35.1 Å². The van der Waals surface area contributed by atoms with Gasteiger partial charge in [-0.15, -0.1) is 0 Å². The standard InChI is InChI=1S/C39H40ClFN4O7/c1-25(24-51-36-30(41)12-8-14-34(36)52-28-17-15-27(40)16-18-28)42-38(48)31-19-20-35(46)43-32(23-26-9-4-3-5-10-26)39(49)45(2)21-22-50-33-13-7-6-11-29(33)37(47)44-31/h3-18,25,31-32H,19-24H2,1-2H3,(H,42,48)(H,43,46)(H,44,47)/t25-,31+,32+/m1/s1. The Balaban J connectivity index is 1.30. The summed E-state index contributed by atoms with van der Waals surface area (Å²) in [5.41, 5.74) is 1.04. The van der Waals surface area contributed by atoms with Crippen molar-refractivity contribution in [2.24, 2.45) is 0 Å². The molecule has 0 radical (unpaired) electrons. The summed E-state index contributed by atoms with van der Waals surface area (Å²) in [5, 5.41) is 8.87. The maximum atomic E-state index is 14.9. The van der Waals surface area contributed by atoms with Gasteiger partial charge in [0.1, 0.15) is 36.8 Å². The third kappa shape index (κ3) is 10.5. The van der Waals surface area contributed by atoms with Crippen LogP contribution in [0.4, 0.5) is 4.39 Å². The summed E-state index contributed by atoms with van der Waals surface area (Å²) in [6, 6.07) is 23.9. The van der Waals surface area contributed by atoms with Crippen LogP contribution < -0.4 is 30.2 Å². The van der Waals surface area contributed by atoms with Crippen molar-refractivity contribution in [3.8, 4) is 23.0 Å². The summed E-state index contributed by atoms with van der Waals surface area (Å²) in [6.07, 6.45) is -0.00907. The Bertz CT molecular complexity index is 1860. The average molecular weight is 731 g/mol. The Kier molecular flexibility index (Phi) is 13.1. The zero-order chi connectivity index (χ0) is 37.0. The zero-order valence-electron chi connectivity index (χ0n) is 28.8. The van der Waals surface area contributed by atoms with Crippen LogP contribution in [-0.4, -0.2) is 73.5 Å². The predicted octanol–water partition coefficient (Wildman–Crippen LogP) is 5.31. The van der Waals surface area contributed by atoms with Crippen molar-refractivity contribution in [3.05, 3.63) is 119 Å². The van der Waals surface area contributed by atoms with Crippen LogP contribution in [-0.2, 0) is 20.8 Å². The molecule has 1 aliphatic heterocycles. The van der Waals surface area contributed by atoms with E-state index in [1.807, 2.05) is 30.3 Å². The van der Waals surface area contributed by atoms with Crippen molar-refractivity contribution in [1.29, 1.82) is 0 Å². The lowest BCUT2D eigenvalue weighted by atomic mass is 10.0. The molecule has 4 aromatic rings. The van der Waals surface area contributed by atoms with Crippen molar-refractivity contribution in [2.45, 2.75) is 44.3 Å². The largest absolute Gasteiger partial charge is 0.491 e. The van der Waals surface area contributed by atoms with Gasteiger partial charge in [0.25, 0.3) is 5.91 Å². The number of hydrogen-bond acceptors (Lipinski definition) is 7. The van der Waals surface area contributed by atoms with E-state index < -0.39 is 41.7 Å². The van der Waals surface area contributed by atoms with Crippen LogP contribution in [0, 0.1) is 5.82 Å². The summed E-state index contributed by atoms with van der Waals surface area (Å²) in [6.45, 7) is 1.77. The molecule has 0 saturated carbocycles. The summed E-state index contributed by atoms with van der Waals surface area (Å²) in [5.74, 6) is -1.96. The van der Waals surface area contributed by atoms with Crippen molar-refractivity contribution in [2.75, 3.05) is 26.8 Å². The van der Waals surface area contributed by atoms with E-state index in [1.165, 1.54) is 17.0 Å². The number of carbonyl (C=O) groups excluding carboxylic acids is 4.